The Balaban J connectivity index is 1.03. The van der Waals surface area contributed by atoms with Crippen molar-refractivity contribution in [1.82, 2.24) is 0 Å². The van der Waals surface area contributed by atoms with E-state index in [1.165, 1.54) is 66.2 Å². The minimum atomic E-state index is 0.329. The van der Waals surface area contributed by atoms with E-state index in [-0.39, 0.29) is 0 Å². The topological polar surface area (TPSA) is 0 Å². The van der Waals surface area contributed by atoms with Crippen molar-refractivity contribution in [2.45, 2.75) is 38.5 Å². The fourth-order valence-electron chi connectivity index (χ4n) is 10.3. The first-order chi connectivity index (χ1) is 25.8. The van der Waals surface area contributed by atoms with Gasteiger partial charge in [-0.1, -0.05) is 170 Å². The second-order valence-electron chi connectivity index (χ2n) is 15.6. The van der Waals surface area contributed by atoms with Crippen LogP contribution in [-0.2, 0) is 0 Å². The highest BCUT2D eigenvalue weighted by Gasteiger charge is 2.39. The van der Waals surface area contributed by atoms with Gasteiger partial charge in [0.2, 0.25) is 0 Å². The van der Waals surface area contributed by atoms with Crippen LogP contribution in [0.3, 0.4) is 0 Å². The average molecular weight is 671 g/mol. The van der Waals surface area contributed by atoms with Crippen LogP contribution in [0.25, 0.3) is 11.1 Å². The number of fused-ring (bicyclic) bond motifs is 5. The van der Waals surface area contributed by atoms with Crippen LogP contribution in [-0.4, -0.2) is 0 Å². The van der Waals surface area contributed by atoms with E-state index in [0.717, 1.165) is 38.5 Å². The van der Waals surface area contributed by atoms with Crippen LogP contribution in [0.4, 0.5) is 0 Å². The molecule has 0 saturated heterocycles. The van der Waals surface area contributed by atoms with E-state index in [0.29, 0.717) is 35.5 Å². The van der Waals surface area contributed by atoms with E-state index in [1.807, 2.05) is 0 Å². The first-order valence-electron chi connectivity index (χ1n) is 19.7. The zero-order chi connectivity index (χ0) is 34.4. The van der Waals surface area contributed by atoms with E-state index >= 15 is 0 Å². The number of benzene rings is 1. The van der Waals surface area contributed by atoms with Gasteiger partial charge < -0.3 is 0 Å². The number of hydrogen-bond donors (Lipinski definition) is 0. The number of allylic oxidation sites excluding steroid dienone is 32. The van der Waals surface area contributed by atoms with E-state index < -0.39 is 0 Å². The van der Waals surface area contributed by atoms with Crippen molar-refractivity contribution in [3.8, 4) is 0 Å². The molecule has 0 heteroatoms. The minimum absolute atomic E-state index is 0.329. The third-order valence-electron chi connectivity index (χ3n) is 12.8. The molecule has 0 bridgehead atoms. The predicted octanol–water partition coefficient (Wildman–Crippen LogP) is 11.0. The number of hydrogen-bond acceptors (Lipinski definition) is 0. The molecule has 9 aliphatic carbocycles. The molecule has 0 amide bonds. The van der Waals surface area contributed by atoms with E-state index in [4.69, 9.17) is 0 Å². The van der Waals surface area contributed by atoms with Crippen molar-refractivity contribution in [1.29, 1.82) is 0 Å². The molecule has 0 nitrogen and oxygen atoms in total. The monoisotopic (exact) mass is 670 g/mol. The summed E-state index contributed by atoms with van der Waals surface area (Å²) in [6.45, 7) is 0. The van der Waals surface area contributed by atoms with Gasteiger partial charge in [-0.2, -0.15) is 0 Å². The molecule has 0 N–H and O–H groups in total. The van der Waals surface area contributed by atoms with Gasteiger partial charge >= 0.3 is 0 Å². The van der Waals surface area contributed by atoms with Crippen LogP contribution in [0, 0.1) is 35.5 Å². The lowest BCUT2D eigenvalue weighted by molar-refractivity contribution is 0.583. The molecule has 9 aliphatic rings. The molecule has 0 radical (unpaired) electrons. The summed E-state index contributed by atoms with van der Waals surface area (Å²) in [5, 5.41) is 2.86. The van der Waals surface area contributed by atoms with Gasteiger partial charge in [0.1, 0.15) is 0 Å². The Morgan fingerprint density at radius 1 is 0.481 bits per heavy atom. The highest BCUT2D eigenvalue weighted by molar-refractivity contribution is 5.82. The molecule has 0 saturated carbocycles. The van der Waals surface area contributed by atoms with Gasteiger partial charge in [-0.15, -0.1) is 0 Å². The molecule has 6 unspecified atom stereocenters. The van der Waals surface area contributed by atoms with Crippen LogP contribution in [0.1, 0.15) is 38.5 Å². The average Bonchev–Trinajstić information content (AvgIpc) is 3.22. The van der Waals surface area contributed by atoms with Gasteiger partial charge in [0, 0.05) is 35.5 Å². The van der Waals surface area contributed by atoms with Crippen molar-refractivity contribution in [3.05, 3.63) is 225 Å². The molecule has 1 aromatic rings. The van der Waals surface area contributed by atoms with Crippen LogP contribution < -0.4 is 10.4 Å². The maximum atomic E-state index is 2.59. The summed E-state index contributed by atoms with van der Waals surface area (Å²) in [6.07, 6.45) is 63.6. The van der Waals surface area contributed by atoms with Crippen LogP contribution in [0.5, 0.6) is 0 Å². The summed E-state index contributed by atoms with van der Waals surface area (Å²) in [7, 11) is 0. The molecule has 0 aromatic heterocycles. The Morgan fingerprint density at radius 2 is 1.17 bits per heavy atom. The summed E-state index contributed by atoms with van der Waals surface area (Å²) in [4.78, 5) is 0. The quantitative estimate of drug-likeness (QED) is 0.292. The Bertz CT molecular complexity index is 2360. The lowest BCUT2D eigenvalue weighted by atomic mass is 9.63. The Hall–Kier alpha value is -5.20. The Morgan fingerprint density at radius 3 is 1.92 bits per heavy atom. The van der Waals surface area contributed by atoms with E-state index in [9.17, 15) is 0 Å². The van der Waals surface area contributed by atoms with Crippen LogP contribution in [0.2, 0.25) is 0 Å². The molecule has 0 spiro atoms. The molecule has 10 rings (SSSR count). The van der Waals surface area contributed by atoms with Gasteiger partial charge in [-0.05, 0) is 105 Å². The SMILES string of the molecule is C1=CCCC(C2=CC=C(C=CC3=CC=C(C4=c5ccccc5=C(C5=CC6=C(C=CCC6)C6C=CC=CC56)C5C=CC=CC45)CC3)C3C=CC=CC23)=C1. The first-order valence-corrected chi connectivity index (χ1v) is 19.7. The summed E-state index contributed by atoms with van der Waals surface area (Å²) in [5.41, 5.74) is 15.0. The molecule has 52 heavy (non-hydrogen) atoms. The lowest BCUT2D eigenvalue weighted by Gasteiger charge is -2.40. The maximum absolute atomic E-state index is 2.59. The third kappa shape index (κ3) is 5.43. The van der Waals surface area contributed by atoms with Gasteiger partial charge in [-0.3, -0.25) is 0 Å². The van der Waals surface area contributed by atoms with Crippen LogP contribution in [0.15, 0.2) is 215 Å². The molecule has 0 heterocycles. The lowest BCUT2D eigenvalue weighted by Crippen LogP contribution is -2.42. The normalized spacial score (nSPS) is 30.8. The third-order valence-corrected chi connectivity index (χ3v) is 12.8. The van der Waals surface area contributed by atoms with E-state index in [1.54, 1.807) is 0 Å². The van der Waals surface area contributed by atoms with Crippen molar-refractivity contribution in [2.75, 3.05) is 0 Å². The zero-order valence-electron chi connectivity index (χ0n) is 29.9. The molecule has 0 aliphatic heterocycles. The van der Waals surface area contributed by atoms with Crippen LogP contribution >= 0.6 is 0 Å². The molecular weight excluding hydrogens is 625 g/mol. The Labute approximate surface area is 309 Å². The molecule has 6 atom stereocenters. The summed E-state index contributed by atoms with van der Waals surface area (Å²) < 4.78 is 0. The maximum Gasteiger partial charge on any atom is 0.0134 e. The minimum Gasteiger partial charge on any atom is -0.0842 e. The second-order valence-corrected chi connectivity index (χ2v) is 15.6. The highest BCUT2D eigenvalue weighted by Crippen LogP contribution is 2.50. The smallest absolute Gasteiger partial charge is 0.0134 e. The largest absolute Gasteiger partial charge is 0.0842 e. The first kappa shape index (κ1) is 31.5. The summed E-state index contributed by atoms with van der Waals surface area (Å²) >= 11 is 0. The van der Waals surface area contributed by atoms with Crippen molar-refractivity contribution in [3.63, 3.8) is 0 Å². The standard InChI is InChI=1S/C52H46/c1-2-14-36(15-3-1)42-33-32-37(40-17-6-7-19-43(40)42)29-26-35-27-30-38(31-28-35)51-46-22-10-12-24-48(46)52(49-25-13-11-23-47(49)51)50-34-39-16-4-5-18-41(39)44-20-8-9-21-45(44)50/h1-2,5-14,17-27,29-30,32-34,40,43-46,48H,3-4,15-16,28,31H2. The van der Waals surface area contributed by atoms with Gasteiger partial charge in [0.25, 0.3) is 0 Å². The molecule has 1 aromatic carbocycles. The van der Waals surface area contributed by atoms with Crippen molar-refractivity contribution >= 4 is 11.1 Å². The fraction of sp³-hybridized carbons (Fsp3) is 0.231. The fourth-order valence-corrected chi connectivity index (χ4v) is 10.3. The van der Waals surface area contributed by atoms with Gasteiger partial charge in [0.15, 0.2) is 0 Å². The molecule has 0 fully saturated rings. The zero-order valence-corrected chi connectivity index (χ0v) is 29.9. The Kier molecular flexibility index (Phi) is 8.13. The summed E-state index contributed by atoms with van der Waals surface area (Å²) in [5.74, 6) is 2.29. The van der Waals surface area contributed by atoms with Crippen molar-refractivity contribution < 1.29 is 0 Å². The number of rotatable bonds is 5. The summed E-state index contributed by atoms with van der Waals surface area (Å²) in [6, 6.07) is 9.32. The van der Waals surface area contributed by atoms with Gasteiger partial charge in [-0.25, -0.2) is 0 Å². The second kappa shape index (κ2) is 13.4. The molecular formula is C52H46. The van der Waals surface area contributed by atoms with Crippen molar-refractivity contribution in [2.24, 2.45) is 35.5 Å². The molecule has 254 valence electrons. The predicted molar refractivity (Wildman–Crippen MR) is 219 cm³/mol. The van der Waals surface area contributed by atoms with E-state index in [2.05, 4.69) is 170 Å². The highest BCUT2D eigenvalue weighted by atomic mass is 14.4. The van der Waals surface area contributed by atoms with Gasteiger partial charge in [0.05, 0.1) is 0 Å².